The first kappa shape index (κ1) is 14.6. The van der Waals surface area contributed by atoms with Gasteiger partial charge in [0.15, 0.2) is 0 Å². The summed E-state index contributed by atoms with van der Waals surface area (Å²) in [5, 5.41) is 0. The van der Waals surface area contributed by atoms with Crippen LogP contribution in [0.5, 0.6) is 0 Å². The van der Waals surface area contributed by atoms with Crippen LogP contribution in [0, 0.1) is 11.8 Å². The number of nitrogens with two attached hydrogens (primary N) is 1. The van der Waals surface area contributed by atoms with Crippen molar-refractivity contribution in [3.05, 3.63) is 29.8 Å². The molecule has 98 valence electrons. The third-order valence-corrected chi connectivity index (χ3v) is 2.95. The van der Waals surface area contributed by atoms with Crippen LogP contribution in [0.3, 0.4) is 0 Å². The van der Waals surface area contributed by atoms with Gasteiger partial charge in [-0.2, -0.15) is 0 Å². The van der Waals surface area contributed by atoms with Crippen LogP contribution < -0.4 is 10.6 Å². The van der Waals surface area contributed by atoms with Crippen LogP contribution in [0.15, 0.2) is 24.3 Å². The van der Waals surface area contributed by atoms with Crippen molar-refractivity contribution in [1.29, 1.82) is 0 Å². The standard InChI is InChI=1S/C16H24N2/c1-4-6-7-8-14-9-11-16(12-10-14)18(3)13-15(17)5-2/h9-12,15H,4-6,13,17H2,1-3H3/t15-/m0/s1. The Labute approximate surface area is 111 Å². The van der Waals surface area contributed by atoms with Gasteiger partial charge in [0.25, 0.3) is 0 Å². The quantitative estimate of drug-likeness (QED) is 0.807. The zero-order chi connectivity index (χ0) is 13.4. The smallest absolute Gasteiger partial charge is 0.0365 e. The highest BCUT2D eigenvalue weighted by Gasteiger charge is 2.05. The summed E-state index contributed by atoms with van der Waals surface area (Å²) in [7, 11) is 2.08. The van der Waals surface area contributed by atoms with Gasteiger partial charge in [-0.1, -0.05) is 25.7 Å². The molecular formula is C16H24N2. The topological polar surface area (TPSA) is 29.3 Å². The Morgan fingerprint density at radius 2 is 1.89 bits per heavy atom. The summed E-state index contributed by atoms with van der Waals surface area (Å²) in [6, 6.07) is 8.60. The molecule has 2 N–H and O–H groups in total. The maximum absolute atomic E-state index is 5.96. The van der Waals surface area contributed by atoms with Gasteiger partial charge in [0.05, 0.1) is 0 Å². The van der Waals surface area contributed by atoms with Crippen LogP contribution in [0.2, 0.25) is 0 Å². The molecular weight excluding hydrogens is 220 g/mol. The van der Waals surface area contributed by atoms with E-state index in [4.69, 9.17) is 5.73 Å². The fourth-order valence-corrected chi connectivity index (χ4v) is 1.68. The molecule has 2 heteroatoms. The lowest BCUT2D eigenvalue weighted by atomic mass is 10.1. The van der Waals surface area contributed by atoms with Crippen LogP contribution in [0.25, 0.3) is 0 Å². The van der Waals surface area contributed by atoms with Crippen LogP contribution in [0.1, 0.15) is 38.7 Å². The molecule has 1 rings (SSSR count). The third kappa shape index (κ3) is 4.81. The molecule has 0 bridgehead atoms. The van der Waals surface area contributed by atoms with Crippen molar-refractivity contribution < 1.29 is 0 Å². The molecule has 0 amide bonds. The van der Waals surface area contributed by atoms with E-state index in [1.165, 1.54) is 5.69 Å². The zero-order valence-corrected chi connectivity index (χ0v) is 11.7. The minimum Gasteiger partial charge on any atom is -0.373 e. The molecule has 0 heterocycles. The van der Waals surface area contributed by atoms with E-state index < -0.39 is 0 Å². The van der Waals surface area contributed by atoms with E-state index in [0.29, 0.717) is 0 Å². The molecule has 0 aliphatic carbocycles. The van der Waals surface area contributed by atoms with Gasteiger partial charge in [0.2, 0.25) is 0 Å². The fraction of sp³-hybridized carbons (Fsp3) is 0.500. The van der Waals surface area contributed by atoms with Crippen molar-refractivity contribution in [2.75, 3.05) is 18.5 Å². The molecule has 0 saturated carbocycles. The van der Waals surface area contributed by atoms with Crippen LogP contribution >= 0.6 is 0 Å². The first-order valence-corrected chi connectivity index (χ1v) is 6.73. The van der Waals surface area contributed by atoms with Crippen LogP contribution in [-0.4, -0.2) is 19.6 Å². The van der Waals surface area contributed by atoms with Crippen molar-refractivity contribution in [1.82, 2.24) is 0 Å². The van der Waals surface area contributed by atoms with Crippen molar-refractivity contribution >= 4 is 5.69 Å². The molecule has 0 fully saturated rings. The number of anilines is 1. The molecule has 0 radical (unpaired) electrons. The molecule has 0 unspecified atom stereocenters. The highest BCUT2D eigenvalue weighted by Crippen LogP contribution is 2.13. The first-order valence-electron chi connectivity index (χ1n) is 6.73. The number of likely N-dealkylation sites (N-methyl/N-ethyl adjacent to an activating group) is 1. The summed E-state index contributed by atoms with van der Waals surface area (Å²) in [5.41, 5.74) is 8.24. The van der Waals surface area contributed by atoms with Gasteiger partial charge in [-0.25, -0.2) is 0 Å². The SMILES string of the molecule is CCCC#Cc1ccc(N(C)C[C@@H](N)CC)cc1. The second-order valence-electron chi connectivity index (χ2n) is 4.65. The van der Waals surface area contributed by atoms with Crippen LogP contribution in [0.4, 0.5) is 5.69 Å². The summed E-state index contributed by atoms with van der Waals surface area (Å²) in [6.45, 7) is 5.14. The van der Waals surface area contributed by atoms with E-state index in [9.17, 15) is 0 Å². The minimum atomic E-state index is 0.235. The normalized spacial score (nSPS) is 11.6. The summed E-state index contributed by atoms with van der Waals surface area (Å²) < 4.78 is 0. The fourth-order valence-electron chi connectivity index (χ4n) is 1.68. The maximum atomic E-state index is 5.96. The number of benzene rings is 1. The molecule has 1 atom stereocenters. The van der Waals surface area contributed by atoms with E-state index in [0.717, 1.165) is 31.4 Å². The molecule has 1 aromatic carbocycles. The Balaban J connectivity index is 2.62. The van der Waals surface area contributed by atoms with Gasteiger partial charge < -0.3 is 10.6 Å². The predicted octanol–water partition coefficient (Wildman–Crippen LogP) is 3.01. The summed E-state index contributed by atoms with van der Waals surface area (Å²) in [6.07, 6.45) is 3.08. The maximum Gasteiger partial charge on any atom is 0.0365 e. The molecule has 0 saturated heterocycles. The third-order valence-electron chi connectivity index (χ3n) is 2.95. The number of nitrogens with zero attached hydrogens (tertiary/aromatic N) is 1. The molecule has 1 aromatic rings. The van der Waals surface area contributed by atoms with Gasteiger partial charge in [0, 0.05) is 37.3 Å². The Kier molecular flexibility index (Phi) is 6.32. The van der Waals surface area contributed by atoms with E-state index in [1.807, 2.05) is 0 Å². The summed E-state index contributed by atoms with van der Waals surface area (Å²) >= 11 is 0. The monoisotopic (exact) mass is 244 g/mol. The highest BCUT2D eigenvalue weighted by molar-refractivity contribution is 5.50. The number of hydrogen-bond donors (Lipinski definition) is 1. The largest absolute Gasteiger partial charge is 0.373 e. The van der Waals surface area contributed by atoms with Gasteiger partial charge in [-0.05, 0) is 37.1 Å². The van der Waals surface area contributed by atoms with E-state index in [-0.39, 0.29) is 6.04 Å². The van der Waals surface area contributed by atoms with Gasteiger partial charge in [0.1, 0.15) is 0 Å². The predicted molar refractivity (Wildman–Crippen MR) is 79.8 cm³/mol. The van der Waals surface area contributed by atoms with E-state index in [1.54, 1.807) is 0 Å². The lowest BCUT2D eigenvalue weighted by molar-refractivity contribution is 0.639. The van der Waals surface area contributed by atoms with Gasteiger partial charge in [-0.15, -0.1) is 0 Å². The van der Waals surface area contributed by atoms with Crippen molar-refractivity contribution in [2.24, 2.45) is 5.73 Å². The van der Waals surface area contributed by atoms with Crippen molar-refractivity contribution in [2.45, 2.75) is 39.2 Å². The first-order chi connectivity index (χ1) is 8.67. The summed E-state index contributed by atoms with van der Waals surface area (Å²) in [4.78, 5) is 2.19. The van der Waals surface area contributed by atoms with E-state index >= 15 is 0 Å². The average molecular weight is 244 g/mol. The Bertz CT molecular complexity index is 397. The van der Waals surface area contributed by atoms with E-state index in [2.05, 4.69) is 61.9 Å². The van der Waals surface area contributed by atoms with Gasteiger partial charge in [-0.3, -0.25) is 0 Å². The molecule has 0 aliphatic heterocycles. The van der Waals surface area contributed by atoms with Gasteiger partial charge >= 0.3 is 0 Å². The zero-order valence-electron chi connectivity index (χ0n) is 11.7. The number of unbranched alkanes of at least 4 members (excludes halogenated alkanes) is 1. The Morgan fingerprint density at radius 1 is 1.22 bits per heavy atom. The lowest BCUT2D eigenvalue weighted by Gasteiger charge is -2.22. The second kappa shape index (κ2) is 7.79. The molecule has 0 aromatic heterocycles. The van der Waals surface area contributed by atoms with Crippen LogP contribution in [-0.2, 0) is 0 Å². The Morgan fingerprint density at radius 3 is 2.44 bits per heavy atom. The van der Waals surface area contributed by atoms with Crippen molar-refractivity contribution in [3.63, 3.8) is 0 Å². The highest BCUT2D eigenvalue weighted by atomic mass is 15.1. The van der Waals surface area contributed by atoms with Crippen molar-refractivity contribution in [3.8, 4) is 11.8 Å². The minimum absolute atomic E-state index is 0.235. The lowest BCUT2D eigenvalue weighted by Crippen LogP contribution is -2.34. The number of rotatable bonds is 5. The molecule has 0 aliphatic rings. The second-order valence-corrected chi connectivity index (χ2v) is 4.65. The number of hydrogen-bond acceptors (Lipinski definition) is 2. The molecule has 18 heavy (non-hydrogen) atoms. The summed E-state index contributed by atoms with van der Waals surface area (Å²) in [5.74, 6) is 6.33. The molecule has 2 nitrogen and oxygen atoms in total. The molecule has 0 spiro atoms. The average Bonchev–Trinajstić information content (AvgIpc) is 2.39. The Hall–Kier alpha value is -1.46.